The minimum atomic E-state index is 0.509. The van der Waals surface area contributed by atoms with Crippen molar-refractivity contribution >= 4 is 0 Å². The van der Waals surface area contributed by atoms with Gasteiger partial charge < -0.3 is 0 Å². The molecule has 0 heteroatoms. The highest BCUT2D eigenvalue weighted by molar-refractivity contribution is 4.78. The van der Waals surface area contributed by atoms with E-state index in [1.807, 2.05) is 45.9 Å². The minimum absolute atomic E-state index is 0.509. The van der Waals surface area contributed by atoms with Crippen molar-refractivity contribution in [2.45, 2.75) is 144 Å². The van der Waals surface area contributed by atoms with Crippen molar-refractivity contribution in [2.75, 3.05) is 0 Å². The highest BCUT2D eigenvalue weighted by Gasteiger charge is 2.16. The van der Waals surface area contributed by atoms with E-state index in [0.717, 1.165) is 24.2 Å². The van der Waals surface area contributed by atoms with E-state index in [0.29, 0.717) is 10.8 Å². The molecule has 1 atom stereocenters. The van der Waals surface area contributed by atoms with E-state index in [1.54, 1.807) is 0 Å². The molecule has 1 unspecified atom stereocenters. The lowest BCUT2D eigenvalue weighted by atomic mass is 9.81. The van der Waals surface area contributed by atoms with E-state index >= 15 is 0 Å². The third-order valence-electron chi connectivity index (χ3n) is 3.73. The summed E-state index contributed by atoms with van der Waals surface area (Å²) in [7, 11) is 0. The average molecular weight is 455 g/mol. The Kier molecular flexibility index (Phi) is 42.3. The van der Waals surface area contributed by atoms with Crippen molar-refractivity contribution in [3.8, 4) is 0 Å². The molecule has 0 saturated heterocycles. The molecule has 0 aromatic heterocycles. The minimum Gasteiger partial charge on any atom is -0.103 e. The summed E-state index contributed by atoms with van der Waals surface area (Å²) in [4.78, 5) is 0. The molecular formula is C32H70. The molecule has 0 aliphatic heterocycles. The van der Waals surface area contributed by atoms with Gasteiger partial charge in [-0.25, -0.2) is 0 Å². The Morgan fingerprint density at radius 3 is 1.03 bits per heavy atom. The lowest BCUT2D eigenvalue weighted by Crippen LogP contribution is -2.15. The molecule has 0 aliphatic rings. The van der Waals surface area contributed by atoms with Crippen LogP contribution < -0.4 is 0 Å². The maximum atomic E-state index is 3.56. The molecule has 0 amide bonds. The monoisotopic (exact) mass is 455 g/mol. The standard InChI is InChI=1S/2C8H18.C4H10.3C4H8/c1-7(2)6-8(3,4)5;1-6-7(2)8(3,4)5;2*1-4(2)3;2*1-3-4-2/h2*7H,6H2,1-5H3;4H,1-3H3;1H2,2-3H3;3-4H,1-2H3;3H,1,4H2,2H3. The van der Waals surface area contributed by atoms with Crippen LogP contribution in [0.4, 0.5) is 0 Å². The Bertz CT molecular complexity index is 355. The van der Waals surface area contributed by atoms with Crippen molar-refractivity contribution in [2.24, 2.45) is 28.6 Å². The van der Waals surface area contributed by atoms with Crippen LogP contribution in [0.15, 0.2) is 37.0 Å². The van der Waals surface area contributed by atoms with Crippen molar-refractivity contribution in [3.05, 3.63) is 37.0 Å². The Hall–Kier alpha value is -0.780. The lowest BCUT2D eigenvalue weighted by Gasteiger charge is -2.25. The Balaban J connectivity index is -0.0000000658. The summed E-state index contributed by atoms with van der Waals surface area (Å²) in [5, 5.41) is 0. The molecule has 0 fully saturated rings. The van der Waals surface area contributed by atoms with Gasteiger partial charge in [0.15, 0.2) is 0 Å². The van der Waals surface area contributed by atoms with E-state index < -0.39 is 0 Å². The van der Waals surface area contributed by atoms with Crippen molar-refractivity contribution in [1.29, 1.82) is 0 Å². The SMILES string of the molecule is C=C(C)C.C=CCC.CC(C)C.CC(C)CC(C)(C)C.CC=CC.CCC(C)C(C)(C)C. The van der Waals surface area contributed by atoms with Crippen LogP contribution in [0.5, 0.6) is 0 Å². The van der Waals surface area contributed by atoms with Crippen LogP contribution in [-0.2, 0) is 0 Å². The van der Waals surface area contributed by atoms with Gasteiger partial charge in [-0.3, -0.25) is 0 Å². The van der Waals surface area contributed by atoms with Gasteiger partial charge in [0.05, 0.1) is 0 Å². The second-order valence-electron chi connectivity index (χ2n) is 12.1. The van der Waals surface area contributed by atoms with Gasteiger partial charge in [-0.2, -0.15) is 0 Å². The van der Waals surface area contributed by atoms with Crippen LogP contribution in [0.2, 0.25) is 0 Å². The molecule has 0 spiro atoms. The molecule has 0 rings (SSSR count). The second-order valence-corrected chi connectivity index (χ2v) is 12.1. The summed E-state index contributed by atoms with van der Waals surface area (Å²) < 4.78 is 0. The zero-order valence-electron chi connectivity index (χ0n) is 26.5. The maximum Gasteiger partial charge on any atom is -0.0357 e. The summed E-state index contributed by atoms with van der Waals surface area (Å²) in [5.74, 6) is 2.53. The van der Waals surface area contributed by atoms with E-state index in [9.17, 15) is 0 Å². The number of rotatable bonds is 3. The van der Waals surface area contributed by atoms with E-state index in [4.69, 9.17) is 0 Å². The Morgan fingerprint density at radius 1 is 0.781 bits per heavy atom. The first-order valence-corrected chi connectivity index (χ1v) is 13.0. The van der Waals surface area contributed by atoms with Gasteiger partial charge in [0.25, 0.3) is 0 Å². The number of hydrogen-bond donors (Lipinski definition) is 0. The van der Waals surface area contributed by atoms with Gasteiger partial charge in [-0.15, -0.1) is 13.2 Å². The first-order chi connectivity index (χ1) is 14.2. The van der Waals surface area contributed by atoms with Gasteiger partial charge in [0.1, 0.15) is 0 Å². The van der Waals surface area contributed by atoms with Crippen molar-refractivity contribution in [3.63, 3.8) is 0 Å². The zero-order chi connectivity index (χ0) is 27.6. The third-order valence-corrected chi connectivity index (χ3v) is 3.73. The molecule has 0 radical (unpaired) electrons. The molecule has 0 heterocycles. The topological polar surface area (TPSA) is 0 Å². The van der Waals surface area contributed by atoms with Crippen LogP contribution in [0.25, 0.3) is 0 Å². The predicted molar refractivity (Wildman–Crippen MR) is 160 cm³/mol. The molecule has 0 aromatic carbocycles. The molecule has 0 aromatic rings. The van der Waals surface area contributed by atoms with Crippen LogP contribution in [0.3, 0.4) is 0 Å². The van der Waals surface area contributed by atoms with Gasteiger partial charge in [-0.05, 0) is 69.1 Å². The molecule has 32 heavy (non-hydrogen) atoms. The van der Waals surface area contributed by atoms with E-state index in [-0.39, 0.29) is 0 Å². The fourth-order valence-electron chi connectivity index (χ4n) is 1.84. The van der Waals surface area contributed by atoms with Gasteiger partial charge in [-0.1, -0.05) is 127 Å². The van der Waals surface area contributed by atoms with Crippen molar-refractivity contribution < 1.29 is 0 Å². The molecule has 198 valence electrons. The second kappa shape index (κ2) is 30.2. The smallest absolute Gasteiger partial charge is 0.0357 e. The number of allylic oxidation sites excluding steroid dienone is 4. The van der Waals surface area contributed by atoms with Crippen LogP contribution >= 0.6 is 0 Å². The molecule has 0 aliphatic carbocycles. The highest BCUT2D eigenvalue weighted by atomic mass is 14.2. The quantitative estimate of drug-likeness (QED) is 0.372. The van der Waals surface area contributed by atoms with E-state index in [2.05, 4.69) is 110 Å². The first-order valence-electron chi connectivity index (χ1n) is 13.0. The molecule has 0 saturated carbocycles. The van der Waals surface area contributed by atoms with Crippen molar-refractivity contribution in [1.82, 2.24) is 0 Å². The average Bonchev–Trinajstić information content (AvgIpc) is 2.58. The molecule has 0 nitrogen and oxygen atoms in total. The van der Waals surface area contributed by atoms with Gasteiger partial charge in [0, 0.05) is 0 Å². The molecule has 0 N–H and O–H groups in total. The highest BCUT2D eigenvalue weighted by Crippen LogP contribution is 2.27. The Labute approximate surface area is 209 Å². The summed E-state index contributed by atoms with van der Waals surface area (Å²) >= 11 is 0. The Morgan fingerprint density at radius 2 is 1.03 bits per heavy atom. The summed E-state index contributed by atoms with van der Waals surface area (Å²) in [5.41, 5.74) is 2.20. The zero-order valence-corrected chi connectivity index (χ0v) is 26.5. The third kappa shape index (κ3) is 115. The first kappa shape index (κ1) is 44.8. The van der Waals surface area contributed by atoms with Crippen LogP contribution in [-0.4, -0.2) is 0 Å². The predicted octanol–water partition coefficient (Wildman–Crippen LogP) is 12.6. The fraction of sp³-hybridized carbons (Fsp3) is 0.812. The van der Waals surface area contributed by atoms with Crippen LogP contribution in [0.1, 0.15) is 144 Å². The maximum absolute atomic E-state index is 3.56. The normalized spacial score (nSPS) is 11.1. The molecule has 0 bridgehead atoms. The number of hydrogen-bond acceptors (Lipinski definition) is 0. The summed E-state index contributed by atoms with van der Waals surface area (Å²) in [6.45, 7) is 46.4. The largest absolute Gasteiger partial charge is 0.103 e. The summed E-state index contributed by atoms with van der Waals surface area (Å²) in [6.07, 6.45) is 9.58. The summed E-state index contributed by atoms with van der Waals surface area (Å²) in [6, 6.07) is 0. The van der Waals surface area contributed by atoms with E-state index in [1.165, 1.54) is 18.4 Å². The fourth-order valence-corrected chi connectivity index (χ4v) is 1.84. The van der Waals surface area contributed by atoms with Gasteiger partial charge in [0.2, 0.25) is 0 Å². The molecular weight excluding hydrogens is 384 g/mol. The lowest BCUT2D eigenvalue weighted by molar-refractivity contribution is 0.254. The van der Waals surface area contributed by atoms with Gasteiger partial charge >= 0.3 is 0 Å². The van der Waals surface area contributed by atoms with Crippen LogP contribution in [0, 0.1) is 28.6 Å².